The summed E-state index contributed by atoms with van der Waals surface area (Å²) < 4.78 is 38.7. The molecule has 19 heteroatoms. The van der Waals surface area contributed by atoms with E-state index in [9.17, 15) is 24.0 Å². The normalized spacial score (nSPS) is 16.7. The minimum absolute atomic E-state index is 0.0252. The fraction of sp³-hybridized carbons (Fsp3) is 0.548. The molecule has 1 saturated heterocycles. The van der Waals surface area contributed by atoms with Crippen LogP contribution in [0.15, 0.2) is 36.5 Å². The number of piperidine rings is 1. The molecule has 0 spiro atoms. The van der Waals surface area contributed by atoms with Gasteiger partial charge < -0.3 is 34.9 Å². The Bertz CT molecular complexity index is 2170. The molecule has 61 heavy (non-hydrogen) atoms. The molecule has 0 atom stereocenters. The van der Waals surface area contributed by atoms with Crippen molar-refractivity contribution >= 4 is 63.0 Å². The van der Waals surface area contributed by atoms with Crippen molar-refractivity contribution in [3.8, 4) is 11.1 Å². The number of hydrogen-bond acceptors (Lipinski definition) is 11. The highest BCUT2D eigenvalue weighted by Crippen LogP contribution is 2.42. The third kappa shape index (κ3) is 11.5. The van der Waals surface area contributed by atoms with E-state index >= 15 is 4.39 Å². The van der Waals surface area contributed by atoms with E-state index in [0.717, 1.165) is 25.7 Å². The van der Waals surface area contributed by atoms with Crippen LogP contribution in [0.5, 0.6) is 0 Å². The number of aromatic nitrogens is 4. The van der Waals surface area contributed by atoms with Crippen LogP contribution in [0, 0.1) is 5.82 Å². The van der Waals surface area contributed by atoms with Crippen molar-refractivity contribution in [2.45, 2.75) is 63.8 Å². The molecule has 0 radical (unpaired) electrons. The van der Waals surface area contributed by atoms with Gasteiger partial charge in [0.25, 0.3) is 0 Å². The highest BCUT2D eigenvalue weighted by Gasteiger charge is 2.46. The highest BCUT2D eigenvalue weighted by atomic mass is 35.5. The number of fused-ring (bicyclic) bond motifs is 2. The third-order valence-corrected chi connectivity index (χ3v) is 11.4. The number of alkyl halides is 1. The zero-order chi connectivity index (χ0) is 43.2. The second-order valence-corrected chi connectivity index (χ2v) is 15.5. The molecule has 0 aliphatic carbocycles. The largest absolute Gasteiger partial charge is 0.468 e. The van der Waals surface area contributed by atoms with Gasteiger partial charge in [0.05, 0.1) is 70.5 Å². The molecule has 5 heterocycles. The monoisotopic (exact) mass is 869 g/mol. The third-order valence-electron chi connectivity index (χ3n) is 11.1. The smallest absolute Gasteiger partial charge is 0.340 e. The highest BCUT2D eigenvalue weighted by molar-refractivity contribution is 6.17. The first-order valence-electron chi connectivity index (χ1n) is 20.9. The minimum Gasteiger partial charge on any atom is -0.468 e. The Morgan fingerprint density at radius 2 is 1.54 bits per heavy atom. The lowest BCUT2D eigenvalue weighted by Crippen LogP contribution is -2.65. The fourth-order valence-electron chi connectivity index (χ4n) is 7.90. The van der Waals surface area contributed by atoms with Gasteiger partial charge in [-0.25, -0.2) is 9.18 Å². The van der Waals surface area contributed by atoms with Crippen LogP contribution in [0.3, 0.4) is 0 Å². The van der Waals surface area contributed by atoms with E-state index in [1.165, 1.54) is 13.2 Å². The molecule has 3 N–H and O–H groups in total. The second kappa shape index (κ2) is 22.2. The average molecular weight is 870 g/mol. The second-order valence-electron chi connectivity index (χ2n) is 15.1. The molecule has 4 bridgehead atoms. The van der Waals surface area contributed by atoms with Gasteiger partial charge in [0, 0.05) is 60.5 Å². The van der Waals surface area contributed by atoms with Crippen molar-refractivity contribution in [3.05, 3.63) is 48.0 Å². The Balaban J connectivity index is 1.06. The molecule has 0 saturated carbocycles. The maximum absolute atomic E-state index is 16.1. The van der Waals surface area contributed by atoms with Crippen molar-refractivity contribution in [2.24, 2.45) is 0 Å². The van der Waals surface area contributed by atoms with Gasteiger partial charge in [-0.2, -0.15) is 5.10 Å². The van der Waals surface area contributed by atoms with Gasteiger partial charge >= 0.3 is 11.9 Å². The van der Waals surface area contributed by atoms with Crippen molar-refractivity contribution in [1.29, 1.82) is 0 Å². The zero-order valence-electron chi connectivity index (χ0n) is 34.6. The van der Waals surface area contributed by atoms with E-state index in [4.69, 9.17) is 30.9 Å². The van der Waals surface area contributed by atoms with Crippen molar-refractivity contribution in [1.82, 2.24) is 40.2 Å². The van der Waals surface area contributed by atoms with Crippen molar-refractivity contribution < 1.29 is 47.3 Å². The van der Waals surface area contributed by atoms with Gasteiger partial charge in [-0.05, 0) is 36.6 Å². The molecule has 330 valence electrons. The molecule has 7 rings (SSSR count). The number of halogens is 2. The van der Waals surface area contributed by atoms with Crippen molar-refractivity contribution in [2.75, 3.05) is 85.4 Å². The summed E-state index contributed by atoms with van der Waals surface area (Å²) in [6.45, 7) is 2.90. The predicted molar refractivity (Wildman–Crippen MR) is 225 cm³/mol. The van der Waals surface area contributed by atoms with Crippen LogP contribution in [0.4, 0.5) is 4.39 Å². The summed E-state index contributed by atoms with van der Waals surface area (Å²) in [7, 11) is 1.20. The van der Waals surface area contributed by atoms with Crippen LogP contribution < -0.4 is 20.5 Å². The lowest BCUT2D eigenvalue weighted by atomic mass is 9.88. The number of hydrogen-bond donors (Lipinski definition) is 3. The Morgan fingerprint density at radius 1 is 0.820 bits per heavy atom. The molecule has 2 aromatic carbocycles. The van der Waals surface area contributed by atoms with E-state index in [1.807, 2.05) is 12.1 Å². The van der Waals surface area contributed by atoms with Crippen LogP contribution in [0.1, 0.15) is 63.0 Å². The van der Waals surface area contributed by atoms with E-state index in [2.05, 4.69) is 25.8 Å². The molecule has 4 amide bonds. The first-order valence-corrected chi connectivity index (χ1v) is 21.4. The van der Waals surface area contributed by atoms with Gasteiger partial charge in [0.2, 0.25) is 17.7 Å². The fourth-order valence-corrected chi connectivity index (χ4v) is 8.09. The molecule has 3 aliphatic heterocycles. The quantitative estimate of drug-likeness (QED) is 0.0406. The molecular weight excluding hydrogens is 815 g/mol. The summed E-state index contributed by atoms with van der Waals surface area (Å²) in [6, 6.07) is 8.52. The summed E-state index contributed by atoms with van der Waals surface area (Å²) in [4.78, 5) is 65.6. The number of nitrogens with one attached hydrogen (secondary N) is 3. The first-order chi connectivity index (χ1) is 29.6. The Hall–Kier alpha value is -5.01. The number of nitrogens with zero attached hydrogens (tertiary/aromatic N) is 5. The summed E-state index contributed by atoms with van der Waals surface area (Å²) in [6.07, 6.45) is 6.81. The maximum atomic E-state index is 16.1. The van der Waals surface area contributed by atoms with Gasteiger partial charge in [0.1, 0.15) is 37.5 Å². The maximum Gasteiger partial charge on any atom is 0.340 e. The van der Waals surface area contributed by atoms with Gasteiger partial charge in [-0.15, -0.1) is 21.3 Å². The van der Waals surface area contributed by atoms with E-state index < -0.39 is 23.6 Å². The number of ether oxygens (including phenoxy) is 4. The van der Waals surface area contributed by atoms with E-state index in [1.54, 1.807) is 27.8 Å². The number of esters is 1. The lowest BCUT2D eigenvalue weighted by molar-refractivity contribution is -0.142. The Morgan fingerprint density at radius 3 is 2.30 bits per heavy atom. The van der Waals surface area contributed by atoms with E-state index in [-0.39, 0.29) is 61.3 Å². The summed E-state index contributed by atoms with van der Waals surface area (Å²) in [5.41, 5.74) is 2.75. The first kappa shape index (κ1) is 45.5. The number of unbranched alkanes of at least 4 members (excludes halogenated alkanes) is 3. The molecule has 1 fully saturated rings. The SMILES string of the molecule is COC(=O)CNC(=O)CNC(=O)Cn1nc2c3c(cccc31)-c1cc3c(cnn3[N+]3(C(=O)CCC(=O)NCCOCCOCCOCCCCCCCl)CCC2CC3)cc1F. The average Bonchev–Trinajstić information content (AvgIpc) is 3.85. The molecule has 0 unspecified atom stereocenters. The summed E-state index contributed by atoms with van der Waals surface area (Å²) >= 11 is 5.69. The lowest BCUT2D eigenvalue weighted by Gasteiger charge is -2.39. The molecular formula is C42H55ClFN8O9+. The number of rotatable bonds is 24. The van der Waals surface area contributed by atoms with Gasteiger partial charge in [-0.3, -0.25) is 23.9 Å². The van der Waals surface area contributed by atoms with Crippen LogP contribution in [-0.4, -0.2) is 135 Å². The molecule has 17 nitrogen and oxygen atoms in total. The van der Waals surface area contributed by atoms with Gasteiger partial charge in [0.15, 0.2) is 0 Å². The number of carbonyl (C=O) groups excluding carboxylic acids is 5. The number of benzene rings is 2. The number of amides is 4. The summed E-state index contributed by atoms with van der Waals surface area (Å²) in [5, 5.41) is 18.6. The van der Waals surface area contributed by atoms with E-state index in [0.29, 0.717) is 110 Å². The topological polar surface area (TPSA) is 194 Å². The molecule has 3 aliphatic rings. The Labute approximate surface area is 358 Å². The number of carbonyl (C=O) groups is 5. The van der Waals surface area contributed by atoms with Gasteiger partial charge in [-0.1, -0.05) is 29.8 Å². The number of quaternary nitrogens is 1. The van der Waals surface area contributed by atoms with Crippen LogP contribution in [-0.2, 0) is 49.5 Å². The van der Waals surface area contributed by atoms with Crippen LogP contribution in [0.25, 0.3) is 32.9 Å². The standard InChI is InChI=1S/C42H54ClFN8O9/c1-58-40(57)27-47-37(54)26-46-38(55)28-50-34-8-6-7-31-32-24-35-30(23-33(32)44)25-48-51(35)52(15-11-29(12-16-52)42(49-50)41(31)34)39(56)10-9-36(53)45-14-18-60-20-22-61-21-19-59-17-5-3-2-4-13-43/h6-8,23-25,29H,2-5,9-22,26-28H2,1H3,(H2-,45,46,47,53,54,55)/p+1. The van der Waals surface area contributed by atoms with Crippen LogP contribution >= 0.6 is 11.6 Å². The molecule has 4 aromatic rings. The van der Waals surface area contributed by atoms with Crippen LogP contribution in [0.2, 0.25) is 0 Å². The summed E-state index contributed by atoms with van der Waals surface area (Å²) in [5.74, 6) is -2.06. The minimum atomic E-state index is -0.620. The zero-order valence-corrected chi connectivity index (χ0v) is 35.3. The number of methoxy groups -OCH3 is 1. The Kier molecular flexibility index (Phi) is 16.6. The predicted octanol–water partition coefficient (Wildman–Crippen LogP) is 3.20. The molecule has 2 aromatic heterocycles. The van der Waals surface area contributed by atoms with Crippen molar-refractivity contribution in [3.63, 3.8) is 0 Å².